The van der Waals surface area contributed by atoms with Crippen LogP contribution in [0.2, 0.25) is 0 Å². The number of anilines is 1. The number of thioether (sulfide) groups is 1. The van der Waals surface area contributed by atoms with E-state index in [0.29, 0.717) is 13.0 Å². The number of nitrogens with zero attached hydrogens (tertiary/aromatic N) is 1. The molecule has 0 unspecified atom stereocenters. The fourth-order valence-corrected chi connectivity index (χ4v) is 7.43. The number of thiazole rings is 1. The molecule has 2 amide bonds. The number of para-hydroxylation sites is 1. The summed E-state index contributed by atoms with van der Waals surface area (Å²) in [5.41, 5.74) is 4.50. The molecular weight excluding hydrogens is 595 g/mol. The maximum atomic E-state index is 12.5. The van der Waals surface area contributed by atoms with Gasteiger partial charge in [0.1, 0.15) is 0 Å². The highest BCUT2D eigenvalue weighted by Crippen LogP contribution is 2.43. The lowest BCUT2D eigenvalue weighted by atomic mass is 9.91. The van der Waals surface area contributed by atoms with Crippen molar-refractivity contribution in [2.75, 3.05) is 17.6 Å². The largest absolute Gasteiger partial charge is 0.392 e. The van der Waals surface area contributed by atoms with Crippen molar-refractivity contribution in [3.05, 3.63) is 89.5 Å². The lowest BCUT2D eigenvalue weighted by Crippen LogP contribution is -2.38. The summed E-state index contributed by atoms with van der Waals surface area (Å²) in [5.74, 6) is 0.737. The Morgan fingerprint density at radius 3 is 2.43 bits per heavy atom. The van der Waals surface area contributed by atoms with Gasteiger partial charge in [-0.05, 0) is 48.2 Å². The average Bonchev–Trinajstić information content (AvgIpc) is 3.46. The molecule has 5 rings (SSSR count). The van der Waals surface area contributed by atoms with Gasteiger partial charge in [0.25, 0.3) is 0 Å². The summed E-state index contributed by atoms with van der Waals surface area (Å²) in [4.78, 5) is 28.2. The SMILES string of the molecule is CC(=O)NCCCCCC(=O)Nc1ccc([C@H]2O[C@@H](CSc3nc4ccccc4s3)[C@@H](C)[C@@H](c3ccc(CO)cc3)O2)cc1. The number of hydrogen-bond donors (Lipinski definition) is 3. The maximum Gasteiger partial charge on any atom is 0.224 e. The summed E-state index contributed by atoms with van der Waals surface area (Å²) in [5, 5.41) is 15.3. The summed E-state index contributed by atoms with van der Waals surface area (Å²) in [6.07, 6.45) is 2.05. The number of amides is 2. The molecule has 4 atom stereocenters. The first-order chi connectivity index (χ1) is 21.4. The number of benzene rings is 3. The van der Waals surface area contributed by atoms with Crippen LogP contribution in [0.15, 0.2) is 77.1 Å². The Kier molecular flexibility index (Phi) is 11.4. The molecule has 1 aliphatic rings. The highest BCUT2D eigenvalue weighted by molar-refractivity contribution is 8.01. The van der Waals surface area contributed by atoms with Gasteiger partial charge in [0, 0.05) is 42.8 Å². The van der Waals surface area contributed by atoms with Crippen LogP contribution >= 0.6 is 23.1 Å². The molecule has 1 saturated heterocycles. The third-order valence-corrected chi connectivity index (χ3v) is 9.96. The average molecular weight is 634 g/mol. The Hall–Kier alpha value is -3.28. The van der Waals surface area contributed by atoms with E-state index in [-0.39, 0.29) is 36.5 Å². The topological polar surface area (TPSA) is 110 Å². The van der Waals surface area contributed by atoms with Gasteiger partial charge in [-0.15, -0.1) is 11.3 Å². The quantitative estimate of drug-likeness (QED) is 0.107. The summed E-state index contributed by atoms with van der Waals surface area (Å²) < 4.78 is 15.3. The molecule has 10 heteroatoms. The highest BCUT2D eigenvalue weighted by atomic mass is 32.2. The molecule has 1 fully saturated rings. The number of unbranched alkanes of at least 4 members (excludes halogenated alkanes) is 2. The van der Waals surface area contributed by atoms with Crippen molar-refractivity contribution in [3.8, 4) is 0 Å². The summed E-state index contributed by atoms with van der Waals surface area (Å²) in [6, 6.07) is 23.7. The van der Waals surface area contributed by atoms with Crippen LogP contribution in [0.1, 0.15) is 68.6 Å². The van der Waals surface area contributed by atoms with Crippen LogP contribution in [-0.4, -0.2) is 40.3 Å². The molecule has 3 N–H and O–H groups in total. The smallest absolute Gasteiger partial charge is 0.224 e. The highest BCUT2D eigenvalue weighted by Gasteiger charge is 2.38. The number of rotatable bonds is 13. The molecule has 0 spiro atoms. The Morgan fingerprint density at radius 1 is 0.955 bits per heavy atom. The standard InChI is InChI=1S/C34H39N3O5S2/c1-22-29(21-43-34-37-28-8-5-6-9-30(28)44-34)41-33(42-32(22)25-13-11-24(20-38)12-14-25)26-15-17-27(18-16-26)36-31(40)10-4-3-7-19-35-23(2)39/h5-6,8-9,11-18,22,29,32-33,38H,3-4,7,10,19-21H2,1-2H3,(H,35,39)(H,36,40)/t22-,29+,32+,33+/m1/s1. The molecule has 0 bridgehead atoms. The normalized spacial score (nSPS) is 20.0. The van der Waals surface area contributed by atoms with E-state index in [1.54, 1.807) is 23.1 Å². The number of carbonyl (C=O) groups excluding carboxylic acids is 2. The fourth-order valence-electron chi connectivity index (χ4n) is 5.17. The van der Waals surface area contributed by atoms with E-state index in [4.69, 9.17) is 14.5 Å². The Bertz CT molecular complexity index is 1490. The monoisotopic (exact) mass is 633 g/mol. The van der Waals surface area contributed by atoms with Crippen molar-refractivity contribution < 1.29 is 24.2 Å². The molecule has 44 heavy (non-hydrogen) atoms. The first kappa shape index (κ1) is 32.1. The van der Waals surface area contributed by atoms with Crippen molar-refractivity contribution >= 4 is 50.8 Å². The first-order valence-corrected chi connectivity index (χ1v) is 16.8. The number of nitrogens with one attached hydrogen (secondary N) is 2. The van der Waals surface area contributed by atoms with Crippen molar-refractivity contribution in [1.29, 1.82) is 0 Å². The predicted molar refractivity (Wildman–Crippen MR) is 176 cm³/mol. The Morgan fingerprint density at radius 2 is 1.70 bits per heavy atom. The molecule has 8 nitrogen and oxygen atoms in total. The molecule has 232 valence electrons. The Labute approximate surface area is 266 Å². The summed E-state index contributed by atoms with van der Waals surface area (Å²) in [7, 11) is 0. The second-order valence-corrected chi connectivity index (χ2v) is 13.3. The van der Waals surface area contributed by atoms with E-state index in [9.17, 15) is 14.7 Å². The summed E-state index contributed by atoms with van der Waals surface area (Å²) >= 11 is 3.40. The molecule has 3 aromatic carbocycles. The number of carbonyl (C=O) groups is 2. The van der Waals surface area contributed by atoms with E-state index < -0.39 is 6.29 Å². The van der Waals surface area contributed by atoms with Gasteiger partial charge in [0.15, 0.2) is 10.6 Å². The predicted octanol–water partition coefficient (Wildman–Crippen LogP) is 7.01. The minimum Gasteiger partial charge on any atom is -0.392 e. The number of fused-ring (bicyclic) bond motifs is 1. The lowest BCUT2D eigenvalue weighted by molar-refractivity contribution is -0.268. The van der Waals surface area contributed by atoms with Gasteiger partial charge in [-0.1, -0.05) is 73.6 Å². The molecule has 0 aliphatic carbocycles. The zero-order valence-electron chi connectivity index (χ0n) is 25.0. The van der Waals surface area contributed by atoms with Gasteiger partial charge in [0.2, 0.25) is 11.8 Å². The van der Waals surface area contributed by atoms with E-state index >= 15 is 0 Å². The van der Waals surface area contributed by atoms with Gasteiger partial charge in [-0.3, -0.25) is 9.59 Å². The number of aliphatic hydroxyl groups excluding tert-OH is 1. The van der Waals surface area contributed by atoms with E-state index in [1.807, 2.05) is 66.7 Å². The number of aromatic nitrogens is 1. The second kappa shape index (κ2) is 15.6. The van der Waals surface area contributed by atoms with Gasteiger partial charge in [-0.2, -0.15) is 0 Å². The fraction of sp³-hybridized carbons (Fsp3) is 0.382. The second-order valence-electron chi connectivity index (χ2n) is 11.0. The van der Waals surface area contributed by atoms with Crippen molar-refractivity contribution in [2.45, 2.75) is 69.0 Å². The number of aliphatic hydroxyl groups is 1. The number of hydrogen-bond acceptors (Lipinski definition) is 8. The third-order valence-electron chi connectivity index (χ3n) is 7.69. The first-order valence-electron chi connectivity index (χ1n) is 15.0. The molecule has 4 aromatic rings. The van der Waals surface area contributed by atoms with Crippen molar-refractivity contribution in [1.82, 2.24) is 10.3 Å². The van der Waals surface area contributed by atoms with Gasteiger partial charge >= 0.3 is 0 Å². The van der Waals surface area contributed by atoms with Crippen LogP contribution in [-0.2, 0) is 25.7 Å². The molecular formula is C34H39N3O5S2. The van der Waals surface area contributed by atoms with Gasteiger partial charge in [0.05, 0.1) is 29.0 Å². The molecule has 1 aliphatic heterocycles. The number of ether oxygens (including phenoxy) is 2. The zero-order valence-corrected chi connectivity index (χ0v) is 26.7. The van der Waals surface area contributed by atoms with Crippen LogP contribution in [0.4, 0.5) is 5.69 Å². The van der Waals surface area contributed by atoms with Crippen LogP contribution in [0.25, 0.3) is 10.2 Å². The molecule has 0 radical (unpaired) electrons. The zero-order chi connectivity index (χ0) is 30.9. The van der Waals surface area contributed by atoms with Crippen molar-refractivity contribution in [2.24, 2.45) is 5.92 Å². The van der Waals surface area contributed by atoms with Gasteiger partial charge < -0.3 is 25.2 Å². The van der Waals surface area contributed by atoms with Crippen LogP contribution in [0, 0.1) is 5.92 Å². The maximum absolute atomic E-state index is 12.5. The van der Waals surface area contributed by atoms with Crippen LogP contribution in [0.5, 0.6) is 0 Å². The molecule has 2 heterocycles. The molecule has 1 aromatic heterocycles. The Balaban J connectivity index is 1.23. The van der Waals surface area contributed by atoms with E-state index in [0.717, 1.165) is 57.2 Å². The third kappa shape index (κ3) is 8.67. The van der Waals surface area contributed by atoms with Crippen molar-refractivity contribution in [3.63, 3.8) is 0 Å². The van der Waals surface area contributed by atoms with E-state index in [1.165, 1.54) is 11.6 Å². The summed E-state index contributed by atoms with van der Waals surface area (Å²) in [6.45, 7) is 4.29. The van der Waals surface area contributed by atoms with Crippen LogP contribution < -0.4 is 10.6 Å². The van der Waals surface area contributed by atoms with Crippen LogP contribution in [0.3, 0.4) is 0 Å². The van der Waals surface area contributed by atoms with E-state index in [2.05, 4.69) is 23.6 Å². The minimum atomic E-state index is -0.581. The van der Waals surface area contributed by atoms with Gasteiger partial charge in [-0.25, -0.2) is 4.98 Å². The lowest BCUT2D eigenvalue weighted by Gasteiger charge is -2.41. The molecule has 0 saturated carbocycles. The minimum absolute atomic E-state index is 0.00395.